The molecule has 0 aliphatic carbocycles. The Kier molecular flexibility index (Phi) is 7.05. The second-order valence-corrected chi connectivity index (χ2v) is 9.03. The number of Topliss-reactive ketones (excluding diaryl/α,β-unsaturated/α-hetero) is 1. The zero-order valence-electron chi connectivity index (χ0n) is 19.4. The maximum Gasteiger partial charge on any atom is 0.442 e. The molecule has 1 aliphatic heterocycles. The lowest BCUT2D eigenvalue weighted by atomic mass is 9.88. The molecular weight excluding hydrogens is 437 g/mol. The van der Waals surface area contributed by atoms with E-state index < -0.39 is 5.76 Å². The van der Waals surface area contributed by atoms with Crippen LogP contribution in [0.2, 0.25) is 0 Å². The molecule has 7 nitrogen and oxygen atoms in total. The summed E-state index contributed by atoms with van der Waals surface area (Å²) in [7, 11) is 0. The molecule has 1 amide bonds. The molecule has 1 saturated heterocycles. The minimum atomic E-state index is -0.639. The van der Waals surface area contributed by atoms with E-state index in [2.05, 4.69) is 5.16 Å². The van der Waals surface area contributed by atoms with Crippen LogP contribution in [-0.2, 0) is 22.6 Å². The molecule has 0 radical (unpaired) electrons. The number of hydrogen-bond donors (Lipinski definition) is 0. The number of aromatic nitrogens is 2. The molecule has 1 aliphatic rings. The summed E-state index contributed by atoms with van der Waals surface area (Å²) < 4.78 is 20.1. The average molecular weight is 466 g/mol. The van der Waals surface area contributed by atoms with Crippen molar-refractivity contribution in [1.82, 2.24) is 14.6 Å². The smallest absolute Gasteiger partial charge is 0.341 e. The Morgan fingerprint density at radius 2 is 1.85 bits per heavy atom. The van der Waals surface area contributed by atoms with Gasteiger partial charge in [-0.05, 0) is 30.0 Å². The van der Waals surface area contributed by atoms with Gasteiger partial charge in [-0.2, -0.15) is 0 Å². The van der Waals surface area contributed by atoms with E-state index in [1.165, 1.54) is 10.6 Å². The second kappa shape index (κ2) is 10.2. The monoisotopic (exact) mass is 465 g/mol. The van der Waals surface area contributed by atoms with Crippen LogP contribution < -0.4 is 5.76 Å². The van der Waals surface area contributed by atoms with Crippen LogP contribution in [0.1, 0.15) is 44.0 Å². The lowest BCUT2D eigenvalue weighted by molar-refractivity contribution is -0.135. The quantitative estimate of drug-likeness (QED) is 0.530. The third kappa shape index (κ3) is 5.16. The Hall–Kier alpha value is -3.55. The van der Waals surface area contributed by atoms with Gasteiger partial charge in [-0.25, -0.2) is 9.18 Å². The fourth-order valence-corrected chi connectivity index (χ4v) is 4.42. The van der Waals surface area contributed by atoms with Gasteiger partial charge in [0.2, 0.25) is 5.91 Å². The van der Waals surface area contributed by atoms with Crippen molar-refractivity contribution in [3.8, 4) is 11.1 Å². The first-order valence-corrected chi connectivity index (χ1v) is 11.5. The van der Waals surface area contributed by atoms with Crippen LogP contribution in [0, 0.1) is 11.7 Å². The van der Waals surface area contributed by atoms with Crippen LogP contribution in [0.4, 0.5) is 4.39 Å². The molecule has 0 bridgehead atoms. The van der Waals surface area contributed by atoms with Crippen LogP contribution in [0.15, 0.2) is 57.8 Å². The summed E-state index contributed by atoms with van der Waals surface area (Å²) in [5.74, 6) is -0.728. The standard InChI is InChI=1S/C26H28FN3O4/c1-17(2)25-28-34-26(33)30(25)16-24(32)29-12-10-19(11-13-29)23(31)15-18-6-5-7-20(14-18)21-8-3-4-9-22(21)27/h3-9,14,17,19H,10-13,15-16H2,1-2H3. The van der Waals surface area contributed by atoms with E-state index in [0.29, 0.717) is 37.3 Å². The summed E-state index contributed by atoms with van der Waals surface area (Å²) in [4.78, 5) is 39.3. The fourth-order valence-electron chi connectivity index (χ4n) is 4.42. The minimum Gasteiger partial charge on any atom is -0.341 e. The van der Waals surface area contributed by atoms with Crippen molar-refractivity contribution >= 4 is 11.7 Å². The average Bonchev–Trinajstić information content (AvgIpc) is 3.20. The number of nitrogens with zero attached hydrogens (tertiary/aromatic N) is 3. The highest BCUT2D eigenvalue weighted by Crippen LogP contribution is 2.25. The van der Waals surface area contributed by atoms with Gasteiger partial charge in [0.25, 0.3) is 0 Å². The number of rotatable bonds is 7. The van der Waals surface area contributed by atoms with Crippen molar-refractivity contribution < 1.29 is 18.5 Å². The van der Waals surface area contributed by atoms with Crippen LogP contribution in [0.25, 0.3) is 11.1 Å². The fraction of sp³-hybridized carbons (Fsp3) is 0.385. The summed E-state index contributed by atoms with van der Waals surface area (Å²) in [5, 5.41) is 3.76. The molecule has 178 valence electrons. The maximum absolute atomic E-state index is 14.1. The molecule has 1 aromatic heterocycles. The number of piperidine rings is 1. The highest BCUT2D eigenvalue weighted by atomic mass is 19.1. The SMILES string of the molecule is CC(C)c1noc(=O)n1CC(=O)N1CCC(C(=O)Cc2cccc(-c3ccccc3F)c2)CC1. The number of ketones is 1. The number of carbonyl (C=O) groups excluding carboxylic acids is 2. The number of hydrogen-bond acceptors (Lipinski definition) is 5. The minimum absolute atomic E-state index is 0.0421. The molecule has 2 aromatic carbocycles. The van der Waals surface area contributed by atoms with Crippen molar-refractivity contribution in [2.24, 2.45) is 5.92 Å². The third-order valence-electron chi connectivity index (χ3n) is 6.32. The van der Waals surface area contributed by atoms with Gasteiger partial charge in [0, 0.05) is 36.9 Å². The maximum atomic E-state index is 14.1. The van der Waals surface area contributed by atoms with E-state index in [-0.39, 0.29) is 42.3 Å². The Morgan fingerprint density at radius 1 is 1.12 bits per heavy atom. The third-order valence-corrected chi connectivity index (χ3v) is 6.32. The van der Waals surface area contributed by atoms with Gasteiger partial charge in [0.1, 0.15) is 18.1 Å². The first kappa shape index (κ1) is 23.6. The summed E-state index contributed by atoms with van der Waals surface area (Å²) in [6, 6.07) is 14.0. The van der Waals surface area contributed by atoms with Gasteiger partial charge in [0.15, 0.2) is 5.82 Å². The van der Waals surface area contributed by atoms with Crippen LogP contribution in [0.5, 0.6) is 0 Å². The molecular formula is C26H28FN3O4. The molecule has 4 rings (SSSR count). The van der Waals surface area contributed by atoms with Crippen LogP contribution in [0.3, 0.4) is 0 Å². The summed E-state index contributed by atoms with van der Waals surface area (Å²) >= 11 is 0. The van der Waals surface area contributed by atoms with Crippen molar-refractivity contribution in [1.29, 1.82) is 0 Å². The first-order valence-electron chi connectivity index (χ1n) is 11.5. The van der Waals surface area contributed by atoms with Crippen molar-refractivity contribution in [2.45, 2.75) is 45.6 Å². The largest absolute Gasteiger partial charge is 0.442 e. The van der Waals surface area contributed by atoms with Crippen molar-refractivity contribution in [3.05, 3.63) is 76.3 Å². The highest BCUT2D eigenvalue weighted by molar-refractivity contribution is 5.84. The first-order chi connectivity index (χ1) is 16.3. The van der Waals surface area contributed by atoms with Crippen LogP contribution >= 0.6 is 0 Å². The van der Waals surface area contributed by atoms with Gasteiger partial charge < -0.3 is 4.90 Å². The molecule has 34 heavy (non-hydrogen) atoms. The zero-order chi connectivity index (χ0) is 24.2. The molecule has 3 aromatic rings. The molecule has 0 N–H and O–H groups in total. The van der Waals surface area contributed by atoms with E-state index in [1.807, 2.05) is 38.1 Å². The number of halogens is 1. The number of benzene rings is 2. The predicted octanol–water partition coefficient (Wildman–Crippen LogP) is 3.82. The summed E-state index contributed by atoms with van der Waals surface area (Å²) in [6.45, 7) is 4.56. The molecule has 1 fully saturated rings. The molecule has 0 saturated carbocycles. The Labute approximate surface area is 197 Å². The normalized spacial score (nSPS) is 14.5. The van der Waals surface area contributed by atoms with E-state index >= 15 is 0 Å². The topological polar surface area (TPSA) is 85.4 Å². The lowest BCUT2D eigenvalue weighted by Crippen LogP contribution is -2.43. The van der Waals surface area contributed by atoms with E-state index in [9.17, 15) is 18.8 Å². The molecule has 0 atom stereocenters. The lowest BCUT2D eigenvalue weighted by Gasteiger charge is -2.31. The Balaban J connectivity index is 1.34. The van der Waals surface area contributed by atoms with E-state index in [0.717, 1.165) is 11.1 Å². The predicted molar refractivity (Wildman–Crippen MR) is 125 cm³/mol. The van der Waals surface area contributed by atoms with Gasteiger partial charge in [-0.15, -0.1) is 0 Å². The molecule has 0 spiro atoms. The van der Waals surface area contributed by atoms with Gasteiger partial charge in [-0.1, -0.05) is 61.5 Å². The van der Waals surface area contributed by atoms with Gasteiger partial charge >= 0.3 is 5.76 Å². The van der Waals surface area contributed by atoms with Gasteiger partial charge in [0.05, 0.1) is 0 Å². The van der Waals surface area contributed by atoms with Crippen molar-refractivity contribution in [2.75, 3.05) is 13.1 Å². The number of likely N-dealkylation sites (tertiary alicyclic amines) is 1. The Bertz CT molecular complexity index is 1240. The molecule has 8 heteroatoms. The van der Waals surface area contributed by atoms with Crippen molar-refractivity contribution in [3.63, 3.8) is 0 Å². The summed E-state index contributed by atoms with van der Waals surface area (Å²) in [5.41, 5.74) is 2.10. The summed E-state index contributed by atoms with van der Waals surface area (Å²) in [6.07, 6.45) is 1.43. The van der Waals surface area contributed by atoms with Gasteiger partial charge in [-0.3, -0.25) is 18.7 Å². The Morgan fingerprint density at radius 3 is 2.56 bits per heavy atom. The zero-order valence-corrected chi connectivity index (χ0v) is 19.4. The highest BCUT2D eigenvalue weighted by Gasteiger charge is 2.28. The molecule has 2 heterocycles. The molecule has 0 unspecified atom stereocenters. The number of amides is 1. The van der Waals surface area contributed by atoms with E-state index in [4.69, 9.17) is 4.52 Å². The number of carbonyl (C=O) groups is 2. The van der Waals surface area contributed by atoms with Crippen LogP contribution in [-0.4, -0.2) is 39.4 Å². The van der Waals surface area contributed by atoms with E-state index in [1.54, 1.807) is 23.1 Å². The second-order valence-electron chi connectivity index (χ2n) is 9.03.